The van der Waals surface area contributed by atoms with Crippen LogP contribution < -0.4 is 10.6 Å². The molecule has 0 unspecified atom stereocenters. The Labute approximate surface area is 110 Å². The average molecular weight is 248 g/mol. The molecular weight excluding hydrogens is 224 g/mol. The molecule has 0 aliphatic carbocycles. The largest absolute Gasteiger partial charge is 0.368 e. The summed E-state index contributed by atoms with van der Waals surface area (Å²) in [5, 5.41) is 0. The molecule has 4 heteroatoms. The smallest absolute Gasteiger partial charge is 0.222 e. The molecule has 0 saturated carbocycles. The summed E-state index contributed by atoms with van der Waals surface area (Å²) >= 11 is 0. The molecule has 0 bridgehead atoms. The monoisotopic (exact) mass is 248 g/mol. The van der Waals surface area contributed by atoms with Crippen molar-refractivity contribution in [3.8, 4) is 0 Å². The zero-order valence-electron chi connectivity index (χ0n) is 11.9. The van der Waals surface area contributed by atoms with Crippen molar-refractivity contribution < 1.29 is 0 Å². The maximum absolute atomic E-state index is 5.84. The fourth-order valence-corrected chi connectivity index (χ4v) is 2.24. The first-order valence-electron chi connectivity index (χ1n) is 6.76. The molecule has 1 aromatic rings. The van der Waals surface area contributed by atoms with Crippen molar-refractivity contribution in [2.75, 3.05) is 23.7 Å². The standard InChI is InChI=1S/C14H24N4/c1-10-5-7-18(8-6-10)12-9-11(14(2,3)4)16-13(15)17-12/h9-10H,5-8H2,1-4H3,(H2,15,16,17). The molecule has 1 saturated heterocycles. The van der Waals surface area contributed by atoms with Crippen molar-refractivity contribution in [3.05, 3.63) is 11.8 Å². The van der Waals surface area contributed by atoms with E-state index in [1.807, 2.05) is 0 Å². The van der Waals surface area contributed by atoms with Crippen molar-refractivity contribution in [1.29, 1.82) is 0 Å². The van der Waals surface area contributed by atoms with E-state index in [1.165, 1.54) is 12.8 Å². The number of nitrogen functional groups attached to an aromatic ring is 1. The Morgan fingerprint density at radius 1 is 1.22 bits per heavy atom. The maximum Gasteiger partial charge on any atom is 0.222 e. The molecule has 0 amide bonds. The van der Waals surface area contributed by atoms with Gasteiger partial charge in [0.25, 0.3) is 0 Å². The lowest BCUT2D eigenvalue weighted by Crippen LogP contribution is -2.34. The lowest BCUT2D eigenvalue weighted by Gasteiger charge is -2.32. The zero-order chi connectivity index (χ0) is 13.3. The second-order valence-electron chi connectivity index (χ2n) is 6.39. The van der Waals surface area contributed by atoms with Gasteiger partial charge in [0.2, 0.25) is 5.95 Å². The number of hydrogen-bond donors (Lipinski definition) is 1. The first-order chi connectivity index (χ1) is 8.36. The van der Waals surface area contributed by atoms with Crippen molar-refractivity contribution in [1.82, 2.24) is 9.97 Å². The molecule has 2 N–H and O–H groups in total. The number of aromatic nitrogens is 2. The average Bonchev–Trinajstić information content (AvgIpc) is 2.28. The maximum atomic E-state index is 5.84. The van der Waals surface area contributed by atoms with Crippen molar-refractivity contribution in [3.63, 3.8) is 0 Å². The Hall–Kier alpha value is -1.32. The highest BCUT2D eigenvalue weighted by molar-refractivity contribution is 5.45. The normalized spacial score (nSPS) is 18.1. The summed E-state index contributed by atoms with van der Waals surface area (Å²) in [6.07, 6.45) is 2.46. The summed E-state index contributed by atoms with van der Waals surface area (Å²) in [5.74, 6) is 2.19. The predicted molar refractivity (Wildman–Crippen MR) is 75.8 cm³/mol. The van der Waals surface area contributed by atoms with Crippen LogP contribution >= 0.6 is 0 Å². The second kappa shape index (κ2) is 4.75. The summed E-state index contributed by atoms with van der Waals surface area (Å²) in [4.78, 5) is 11.1. The van der Waals surface area contributed by atoms with Gasteiger partial charge in [0.05, 0.1) is 5.69 Å². The SMILES string of the molecule is CC1CCN(c2cc(C(C)(C)C)nc(N)n2)CC1. The Morgan fingerprint density at radius 3 is 2.39 bits per heavy atom. The molecule has 0 radical (unpaired) electrons. The van der Waals surface area contributed by atoms with E-state index in [-0.39, 0.29) is 5.41 Å². The molecule has 0 aromatic carbocycles. The topological polar surface area (TPSA) is 55.0 Å². The van der Waals surface area contributed by atoms with Crippen LogP contribution in [0.3, 0.4) is 0 Å². The number of nitrogens with zero attached hydrogens (tertiary/aromatic N) is 3. The number of nitrogens with two attached hydrogens (primary N) is 1. The minimum Gasteiger partial charge on any atom is -0.368 e. The summed E-state index contributed by atoms with van der Waals surface area (Å²) in [5.41, 5.74) is 6.87. The quantitative estimate of drug-likeness (QED) is 0.830. The van der Waals surface area contributed by atoms with Gasteiger partial charge in [-0.15, -0.1) is 0 Å². The van der Waals surface area contributed by atoms with Gasteiger partial charge in [0.15, 0.2) is 0 Å². The van der Waals surface area contributed by atoms with E-state index in [0.717, 1.165) is 30.5 Å². The summed E-state index contributed by atoms with van der Waals surface area (Å²) in [7, 11) is 0. The third-order valence-corrected chi connectivity index (χ3v) is 3.61. The third-order valence-electron chi connectivity index (χ3n) is 3.61. The molecule has 2 rings (SSSR count). The number of hydrogen-bond acceptors (Lipinski definition) is 4. The van der Waals surface area contributed by atoms with Gasteiger partial charge in [-0.2, -0.15) is 4.98 Å². The van der Waals surface area contributed by atoms with E-state index < -0.39 is 0 Å². The molecule has 2 heterocycles. The zero-order valence-corrected chi connectivity index (χ0v) is 11.9. The summed E-state index contributed by atoms with van der Waals surface area (Å²) < 4.78 is 0. The molecule has 1 aliphatic heterocycles. The molecular formula is C14H24N4. The van der Waals surface area contributed by atoms with Crippen LogP contribution in [-0.2, 0) is 5.41 Å². The highest BCUT2D eigenvalue weighted by atomic mass is 15.2. The van der Waals surface area contributed by atoms with Crippen molar-refractivity contribution in [2.45, 2.75) is 46.0 Å². The van der Waals surface area contributed by atoms with Crippen molar-refractivity contribution in [2.24, 2.45) is 5.92 Å². The van der Waals surface area contributed by atoms with Gasteiger partial charge in [-0.25, -0.2) is 4.98 Å². The van der Waals surface area contributed by atoms with Crippen LogP contribution in [0, 0.1) is 5.92 Å². The van der Waals surface area contributed by atoms with E-state index in [2.05, 4.69) is 48.6 Å². The predicted octanol–water partition coefficient (Wildman–Crippen LogP) is 2.59. The fraction of sp³-hybridized carbons (Fsp3) is 0.714. The van der Waals surface area contributed by atoms with E-state index >= 15 is 0 Å². The van der Waals surface area contributed by atoms with E-state index in [1.54, 1.807) is 0 Å². The molecule has 1 aliphatic rings. The Balaban J connectivity index is 2.25. The van der Waals surface area contributed by atoms with Gasteiger partial charge in [-0.1, -0.05) is 27.7 Å². The molecule has 0 spiro atoms. The summed E-state index contributed by atoms with van der Waals surface area (Å²) in [6, 6.07) is 2.09. The molecule has 100 valence electrons. The first kappa shape index (κ1) is 13.1. The molecule has 1 fully saturated rings. The van der Waals surface area contributed by atoms with E-state index in [4.69, 9.17) is 5.73 Å². The van der Waals surface area contributed by atoms with Gasteiger partial charge in [-0.3, -0.25) is 0 Å². The minimum atomic E-state index is 0.00882. The summed E-state index contributed by atoms with van der Waals surface area (Å²) in [6.45, 7) is 10.9. The minimum absolute atomic E-state index is 0.00882. The van der Waals surface area contributed by atoms with E-state index in [9.17, 15) is 0 Å². The highest BCUT2D eigenvalue weighted by Crippen LogP contribution is 2.27. The van der Waals surface area contributed by atoms with E-state index in [0.29, 0.717) is 5.95 Å². The van der Waals surface area contributed by atoms with Gasteiger partial charge in [0.1, 0.15) is 5.82 Å². The van der Waals surface area contributed by atoms with Gasteiger partial charge < -0.3 is 10.6 Å². The second-order valence-corrected chi connectivity index (χ2v) is 6.39. The van der Waals surface area contributed by atoms with Gasteiger partial charge in [-0.05, 0) is 18.8 Å². The fourth-order valence-electron chi connectivity index (χ4n) is 2.24. The van der Waals surface area contributed by atoms with Crippen LogP contribution in [0.4, 0.5) is 11.8 Å². The number of rotatable bonds is 1. The lowest BCUT2D eigenvalue weighted by atomic mass is 9.91. The number of piperidine rings is 1. The van der Waals surface area contributed by atoms with Crippen molar-refractivity contribution >= 4 is 11.8 Å². The van der Waals surface area contributed by atoms with Crippen LogP contribution in [0.2, 0.25) is 0 Å². The molecule has 4 nitrogen and oxygen atoms in total. The molecule has 0 atom stereocenters. The van der Waals surface area contributed by atoms with Gasteiger partial charge >= 0.3 is 0 Å². The van der Waals surface area contributed by atoms with Gasteiger partial charge in [0, 0.05) is 24.6 Å². The van der Waals surface area contributed by atoms with Crippen LogP contribution in [0.1, 0.15) is 46.2 Å². The Kier molecular flexibility index (Phi) is 3.46. The third kappa shape index (κ3) is 2.92. The van der Waals surface area contributed by atoms with Crippen LogP contribution in [0.15, 0.2) is 6.07 Å². The number of anilines is 2. The first-order valence-corrected chi connectivity index (χ1v) is 6.76. The Bertz CT molecular complexity index is 414. The van der Waals surface area contributed by atoms with Crippen LogP contribution in [-0.4, -0.2) is 23.1 Å². The lowest BCUT2D eigenvalue weighted by molar-refractivity contribution is 0.436. The molecule has 1 aromatic heterocycles. The molecule has 18 heavy (non-hydrogen) atoms. The van der Waals surface area contributed by atoms with Crippen LogP contribution in [0.5, 0.6) is 0 Å². The highest BCUT2D eigenvalue weighted by Gasteiger charge is 2.21. The van der Waals surface area contributed by atoms with Crippen LogP contribution in [0.25, 0.3) is 0 Å². The Morgan fingerprint density at radius 2 is 1.83 bits per heavy atom.